The minimum Gasteiger partial charge on any atom is -0.340 e. The first-order valence-electron chi connectivity index (χ1n) is 5.71. The van der Waals surface area contributed by atoms with Gasteiger partial charge in [0.05, 0.1) is 11.8 Å². The number of aromatic nitrogens is 4. The Morgan fingerprint density at radius 1 is 1.44 bits per heavy atom. The number of rotatable bonds is 4. The fourth-order valence-corrected chi connectivity index (χ4v) is 1.37. The molecule has 0 saturated heterocycles. The zero-order chi connectivity index (χ0) is 13.1. The maximum absolute atomic E-state index is 11.8. The van der Waals surface area contributed by atoms with Crippen molar-refractivity contribution in [2.75, 3.05) is 0 Å². The van der Waals surface area contributed by atoms with Gasteiger partial charge in [0.25, 0.3) is 5.91 Å². The molecule has 0 fully saturated rings. The third-order valence-corrected chi connectivity index (χ3v) is 2.45. The summed E-state index contributed by atoms with van der Waals surface area (Å²) in [6.07, 6.45) is 2.98. The van der Waals surface area contributed by atoms with E-state index in [1.807, 2.05) is 13.8 Å². The van der Waals surface area contributed by atoms with E-state index in [0.717, 1.165) is 0 Å². The van der Waals surface area contributed by atoms with Crippen molar-refractivity contribution in [1.82, 2.24) is 25.7 Å². The summed E-state index contributed by atoms with van der Waals surface area (Å²) in [6.45, 7) is 5.74. The lowest BCUT2D eigenvalue weighted by Crippen LogP contribution is -2.26. The minimum atomic E-state index is -0.340. The monoisotopic (exact) mass is 249 g/mol. The summed E-state index contributed by atoms with van der Waals surface area (Å²) < 4.78 is 5.11. The Morgan fingerprint density at radius 2 is 2.22 bits per heavy atom. The number of hydrogen-bond acceptors (Lipinski definition) is 5. The lowest BCUT2D eigenvalue weighted by atomic mass is 10.2. The SMILES string of the molecule is CC(C)c1noc(C(C)NC(=O)c2cn[nH]c2)n1. The topological polar surface area (TPSA) is 96.7 Å². The van der Waals surface area contributed by atoms with Gasteiger partial charge in [-0.1, -0.05) is 19.0 Å². The molecule has 0 aliphatic rings. The molecule has 1 amide bonds. The quantitative estimate of drug-likeness (QED) is 0.853. The van der Waals surface area contributed by atoms with Gasteiger partial charge in [-0.05, 0) is 6.92 Å². The van der Waals surface area contributed by atoms with Crippen LogP contribution in [-0.4, -0.2) is 26.2 Å². The van der Waals surface area contributed by atoms with Gasteiger partial charge in [-0.15, -0.1) is 0 Å². The van der Waals surface area contributed by atoms with Crippen molar-refractivity contribution >= 4 is 5.91 Å². The Kier molecular flexibility index (Phi) is 3.40. The van der Waals surface area contributed by atoms with Crippen LogP contribution < -0.4 is 5.32 Å². The first-order valence-corrected chi connectivity index (χ1v) is 5.71. The van der Waals surface area contributed by atoms with Gasteiger partial charge in [-0.25, -0.2) is 0 Å². The summed E-state index contributed by atoms with van der Waals surface area (Å²) in [6, 6.07) is -0.340. The second-order valence-corrected chi connectivity index (χ2v) is 4.33. The summed E-state index contributed by atoms with van der Waals surface area (Å²) in [7, 11) is 0. The number of carbonyl (C=O) groups excluding carboxylic acids is 1. The summed E-state index contributed by atoms with van der Waals surface area (Å²) in [4.78, 5) is 16.0. The standard InChI is InChI=1S/C11H15N5O2/c1-6(2)9-15-11(18-16-9)7(3)14-10(17)8-4-12-13-5-8/h4-7H,1-3H3,(H,12,13)(H,14,17). The number of H-pyrrole nitrogens is 1. The first-order chi connectivity index (χ1) is 8.58. The summed E-state index contributed by atoms with van der Waals surface area (Å²) in [5.41, 5.74) is 0.463. The van der Waals surface area contributed by atoms with Crippen LogP contribution in [-0.2, 0) is 0 Å². The third-order valence-electron chi connectivity index (χ3n) is 2.45. The molecular formula is C11H15N5O2. The third kappa shape index (κ3) is 2.55. The normalized spacial score (nSPS) is 12.7. The molecule has 0 radical (unpaired) electrons. The molecule has 0 bridgehead atoms. The van der Waals surface area contributed by atoms with Crippen molar-refractivity contribution in [1.29, 1.82) is 0 Å². The lowest BCUT2D eigenvalue weighted by Gasteiger charge is -2.07. The fraction of sp³-hybridized carbons (Fsp3) is 0.455. The van der Waals surface area contributed by atoms with E-state index < -0.39 is 0 Å². The molecule has 7 nitrogen and oxygen atoms in total. The van der Waals surface area contributed by atoms with Crippen LogP contribution >= 0.6 is 0 Å². The van der Waals surface area contributed by atoms with Crippen molar-refractivity contribution in [3.63, 3.8) is 0 Å². The van der Waals surface area contributed by atoms with Gasteiger partial charge in [0.1, 0.15) is 6.04 Å². The molecular weight excluding hydrogens is 234 g/mol. The average molecular weight is 249 g/mol. The van der Waals surface area contributed by atoms with Gasteiger partial charge >= 0.3 is 0 Å². The predicted molar refractivity (Wildman–Crippen MR) is 62.9 cm³/mol. The van der Waals surface area contributed by atoms with Gasteiger partial charge in [0.15, 0.2) is 5.82 Å². The molecule has 18 heavy (non-hydrogen) atoms. The van der Waals surface area contributed by atoms with Crippen LogP contribution in [0.4, 0.5) is 0 Å². The van der Waals surface area contributed by atoms with Crippen molar-refractivity contribution in [3.8, 4) is 0 Å². The Balaban J connectivity index is 2.03. The van der Waals surface area contributed by atoms with E-state index in [4.69, 9.17) is 4.52 Å². The highest BCUT2D eigenvalue weighted by atomic mass is 16.5. The predicted octanol–water partition coefficient (Wildman–Crippen LogP) is 1.41. The number of carbonyl (C=O) groups is 1. The maximum Gasteiger partial charge on any atom is 0.255 e. The van der Waals surface area contributed by atoms with Crippen molar-refractivity contribution in [2.24, 2.45) is 0 Å². The van der Waals surface area contributed by atoms with Crippen molar-refractivity contribution < 1.29 is 9.32 Å². The van der Waals surface area contributed by atoms with Crippen LogP contribution in [0.25, 0.3) is 0 Å². The van der Waals surface area contributed by atoms with Crippen LogP contribution in [0.1, 0.15) is 54.8 Å². The maximum atomic E-state index is 11.8. The molecule has 1 unspecified atom stereocenters. The van der Waals surface area contributed by atoms with Gasteiger partial charge < -0.3 is 9.84 Å². The van der Waals surface area contributed by atoms with Crippen LogP contribution in [0.5, 0.6) is 0 Å². The Hall–Kier alpha value is -2.18. The minimum absolute atomic E-state index is 0.194. The molecule has 0 saturated carbocycles. The molecule has 2 N–H and O–H groups in total. The Bertz CT molecular complexity index is 517. The Morgan fingerprint density at radius 3 is 2.78 bits per heavy atom. The molecule has 0 aliphatic carbocycles. The molecule has 0 spiro atoms. The van der Waals surface area contributed by atoms with E-state index in [0.29, 0.717) is 17.3 Å². The van der Waals surface area contributed by atoms with Crippen molar-refractivity contribution in [2.45, 2.75) is 32.7 Å². The highest BCUT2D eigenvalue weighted by molar-refractivity contribution is 5.93. The molecule has 2 aromatic heterocycles. The molecule has 2 aromatic rings. The second-order valence-electron chi connectivity index (χ2n) is 4.33. The molecule has 0 aliphatic heterocycles. The molecule has 96 valence electrons. The molecule has 2 heterocycles. The van der Waals surface area contributed by atoms with Crippen molar-refractivity contribution in [3.05, 3.63) is 29.7 Å². The number of hydrogen-bond donors (Lipinski definition) is 2. The zero-order valence-corrected chi connectivity index (χ0v) is 10.5. The number of nitrogens with one attached hydrogen (secondary N) is 2. The van der Waals surface area contributed by atoms with Crippen LogP contribution in [0.3, 0.4) is 0 Å². The Labute approximate surface area is 104 Å². The fourth-order valence-electron chi connectivity index (χ4n) is 1.37. The van der Waals surface area contributed by atoms with Crippen LogP contribution in [0.2, 0.25) is 0 Å². The summed E-state index contributed by atoms with van der Waals surface area (Å²) >= 11 is 0. The lowest BCUT2D eigenvalue weighted by molar-refractivity contribution is 0.0932. The largest absolute Gasteiger partial charge is 0.340 e. The van der Waals surface area contributed by atoms with Crippen LogP contribution in [0, 0.1) is 0 Å². The van der Waals surface area contributed by atoms with E-state index in [1.165, 1.54) is 12.4 Å². The molecule has 7 heteroatoms. The molecule has 1 atom stereocenters. The molecule has 0 aromatic carbocycles. The van der Waals surface area contributed by atoms with Gasteiger partial charge in [0, 0.05) is 12.1 Å². The number of aromatic amines is 1. The van der Waals surface area contributed by atoms with Gasteiger partial charge in [0.2, 0.25) is 5.89 Å². The number of amides is 1. The molecule has 2 rings (SSSR count). The zero-order valence-electron chi connectivity index (χ0n) is 10.5. The number of nitrogens with zero attached hydrogens (tertiary/aromatic N) is 3. The average Bonchev–Trinajstić information content (AvgIpc) is 3.00. The van der Waals surface area contributed by atoms with Gasteiger partial charge in [-0.3, -0.25) is 9.89 Å². The summed E-state index contributed by atoms with van der Waals surface area (Å²) in [5, 5.41) is 12.9. The van der Waals surface area contributed by atoms with E-state index in [1.54, 1.807) is 6.92 Å². The van der Waals surface area contributed by atoms with E-state index in [9.17, 15) is 4.79 Å². The smallest absolute Gasteiger partial charge is 0.255 e. The summed E-state index contributed by atoms with van der Waals surface area (Å²) in [5.74, 6) is 0.991. The highest BCUT2D eigenvalue weighted by Gasteiger charge is 2.18. The van der Waals surface area contributed by atoms with Crippen LogP contribution in [0.15, 0.2) is 16.9 Å². The van der Waals surface area contributed by atoms with E-state index >= 15 is 0 Å². The van der Waals surface area contributed by atoms with E-state index in [-0.39, 0.29) is 17.9 Å². The van der Waals surface area contributed by atoms with E-state index in [2.05, 4.69) is 25.7 Å². The first kappa shape index (κ1) is 12.3. The second kappa shape index (κ2) is 4.99. The highest BCUT2D eigenvalue weighted by Crippen LogP contribution is 2.15. The van der Waals surface area contributed by atoms with Gasteiger partial charge in [-0.2, -0.15) is 10.1 Å².